The standard InChI is InChI=1S/C21H24O4/c1-15(22)24-13-16-10-11-18(14-25-20(23)21(2,3)4)19(12-16)17-8-6-5-7-9-17/h5-12H,13-14H2,1-4H3. The van der Waals surface area contributed by atoms with E-state index in [2.05, 4.69) is 0 Å². The number of carbonyl (C=O) groups is 2. The summed E-state index contributed by atoms with van der Waals surface area (Å²) in [6, 6.07) is 15.6. The second-order valence-electron chi connectivity index (χ2n) is 6.96. The van der Waals surface area contributed by atoms with Crippen LogP contribution in [0, 0.1) is 5.41 Å². The Balaban J connectivity index is 2.28. The number of hydrogen-bond acceptors (Lipinski definition) is 4. The Labute approximate surface area is 148 Å². The average molecular weight is 340 g/mol. The minimum absolute atomic E-state index is 0.203. The van der Waals surface area contributed by atoms with E-state index in [4.69, 9.17) is 9.47 Å². The SMILES string of the molecule is CC(=O)OCc1ccc(COC(=O)C(C)(C)C)c(-c2ccccc2)c1. The third-order valence-corrected chi connectivity index (χ3v) is 3.67. The predicted molar refractivity (Wildman–Crippen MR) is 96.6 cm³/mol. The summed E-state index contributed by atoms with van der Waals surface area (Å²) >= 11 is 0. The number of benzene rings is 2. The van der Waals surface area contributed by atoms with Crippen LogP contribution >= 0.6 is 0 Å². The Bertz CT molecular complexity index is 742. The molecule has 0 fully saturated rings. The van der Waals surface area contributed by atoms with Gasteiger partial charge in [0.15, 0.2) is 0 Å². The van der Waals surface area contributed by atoms with Crippen LogP contribution in [-0.2, 0) is 32.3 Å². The van der Waals surface area contributed by atoms with Crippen molar-refractivity contribution >= 4 is 11.9 Å². The number of hydrogen-bond donors (Lipinski definition) is 0. The zero-order valence-electron chi connectivity index (χ0n) is 15.2. The van der Waals surface area contributed by atoms with E-state index in [9.17, 15) is 9.59 Å². The molecular weight excluding hydrogens is 316 g/mol. The summed E-state index contributed by atoms with van der Waals surface area (Å²) in [6.07, 6.45) is 0. The molecule has 0 aliphatic carbocycles. The van der Waals surface area contributed by atoms with E-state index in [-0.39, 0.29) is 25.2 Å². The van der Waals surface area contributed by atoms with Crippen molar-refractivity contribution < 1.29 is 19.1 Å². The summed E-state index contributed by atoms with van der Waals surface area (Å²) < 4.78 is 10.5. The summed E-state index contributed by atoms with van der Waals surface area (Å²) in [5.41, 5.74) is 3.25. The van der Waals surface area contributed by atoms with Crippen LogP contribution in [0.2, 0.25) is 0 Å². The first kappa shape index (κ1) is 18.7. The highest BCUT2D eigenvalue weighted by atomic mass is 16.5. The zero-order chi connectivity index (χ0) is 18.4. The van der Waals surface area contributed by atoms with Crippen LogP contribution in [-0.4, -0.2) is 11.9 Å². The smallest absolute Gasteiger partial charge is 0.311 e. The number of rotatable bonds is 5. The van der Waals surface area contributed by atoms with Crippen molar-refractivity contribution in [3.63, 3.8) is 0 Å². The van der Waals surface area contributed by atoms with Crippen LogP contribution in [0.4, 0.5) is 0 Å². The van der Waals surface area contributed by atoms with Crippen LogP contribution < -0.4 is 0 Å². The molecule has 25 heavy (non-hydrogen) atoms. The van der Waals surface area contributed by atoms with Crippen molar-refractivity contribution in [2.75, 3.05) is 0 Å². The maximum Gasteiger partial charge on any atom is 0.311 e. The molecule has 0 spiro atoms. The molecule has 0 N–H and O–H groups in total. The van der Waals surface area contributed by atoms with Gasteiger partial charge in [-0.15, -0.1) is 0 Å². The van der Waals surface area contributed by atoms with Crippen molar-refractivity contribution in [3.8, 4) is 11.1 Å². The van der Waals surface area contributed by atoms with Gasteiger partial charge in [0.1, 0.15) is 13.2 Å². The molecule has 2 aromatic rings. The Morgan fingerprint density at radius 2 is 1.60 bits per heavy atom. The molecule has 4 heteroatoms. The van der Waals surface area contributed by atoms with Gasteiger partial charge in [-0.2, -0.15) is 0 Å². The summed E-state index contributed by atoms with van der Waals surface area (Å²) in [5.74, 6) is -0.556. The van der Waals surface area contributed by atoms with Crippen LogP contribution in [0.1, 0.15) is 38.8 Å². The summed E-state index contributed by atoms with van der Waals surface area (Å²) in [6.45, 7) is 7.30. The number of carbonyl (C=O) groups excluding carboxylic acids is 2. The molecule has 0 heterocycles. The molecule has 0 amide bonds. The van der Waals surface area contributed by atoms with E-state index in [0.717, 1.165) is 22.3 Å². The quantitative estimate of drug-likeness (QED) is 0.752. The van der Waals surface area contributed by atoms with E-state index in [1.165, 1.54) is 6.92 Å². The maximum atomic E-state index is 12.1. The van der Waals surface area contributed by atoms with Gasteiger partial charge in [0.05, 0.1) is 5.41 Å². The van der Waals surface area contributed by atoms with Crippen molar-refractivity contribution in [1.82, 2.24) is 0 Å². The molecular formula is C21H24O4. The Hall–Kier alpha value is -2.62. The van der Waals surface area contributed by atoms with Gasteiger partial charge in [-0.25, -0.2) is 0 Å². The van der Waals surface area contributed by atoms with Crippen molar-refractivity contribution in [2.45, 2.75) is 40.9 Å². The van der Waals surface area contributed by atoms with Gasteiger partial charge >= 0.3 is 11.9 Å². The van der Waals surface area contributed by atoms with Crippen molar-refractivity contribution in [3.05, 3.63) is 59.7 Å². The van der Waals surface area contributed by atoms with Gasteiger partial charge in [-0.1, -0.05) is 42.5 Å². The van der Waals surface area contributed by atoms with Crippen LogP contribution in [0.3, 0.4) is 0 Å². The van der Waals surface area contributed by atoms with Crippen molar-refractivity contribution in [1.29, 1.82) is 0 Å². The molecule has 2 rings (SSSR count). The highest BCUT2D eigenvalue weighted by Gasteiger charge is 2.23. The predicted octanol–water partition coefficient (Wildman–Crippen LogP) is 4.51. The van der Waals surface area contributed by atoms with Crippen LogP contribution in [0.25, 0.3) is 11.1 Å². The topological polar surface area (TPSA) is 52.6 Å². The third-order valence-electron chi connectivity index (χ3n) is 3.67. The largest absolute Gasteiger partial charge is 0.461 e. The Morgan fingerprint density at radius 3 is 2.20 bits per heavy atom. The molecule has 0 aromatic heterocycles. The van der Waals surface area contributed by atoms with Crippen LogP contribution in [0.15, 0.2) is 48.5 Å². The lowest BCUT2D eigenvalue weighted by Gasteiger charge is -2.18. The van der Waals surface area contributed by atoms with E-state index in [1.807, 2.05) is 69.3 Å². The van der Waals surface area contributed by atoms with E-state index in [0.29, 0.717) is 0 Å². The molecule has 132 valence electrons. The first-order valence-corrected chi connectivity index (χ1v) is 8.25. The molecule has 0 atom stereocenters. The second kappa shape index (κ2) is 7.97. The van der Waals surface area contributed by atoms with E-state index >= 15 is 0 Å². The lowest BCUT2D eigenvalue weighted by molar-refractivity contribution is -0.154. The molecule has 0 saturated carbocycles. The van der Waals surface area contributed by atoms with Gasteiger partial charge in [-0.3, -0.25) is 9.59 Å². The fraction of sp³-hybridized carbons (Fsp3) is 0.333. The minimum Gasteiger partial charge on any atom is -0.461 e. The van der Waals surface area contributed by atoms with Gasteiger partial charge in [0.2, 0.25) is 0 Å². The monoisotopic (exact) mass is 340 g/mol. The highest BCUT2D eigenvalue weighted by Crippen LogP contribution is 2.27. The summed E-state index contributed by atoms with van der Waals surface area (Å²) in [5, 5.41) is 0. The average Bonchev–Trinajstić information content (AvgIpc) is 2.58. The maximum absolute atomic E-state index is 12.1. The molecule has 0 saturated heterocycles. The fourth-order valence-corrected chi connectivity index (χ4v) is 2.27. The summed E-state index contributed by atoms with van der Waals surface area (Å²) in [7, 11) is 0. The summed E-state index contributed by atoms with van der Waals surface area (Å²) in [4.78, 5) is 23.1. The molecule has 0 aliphatic heterocycles. The number of ether oxygens (including phenoxy) is 2. The van der Waals surface area contributed by atoms with Crippen molar-refractivity contribution in [2.24, 2.45) is 5.41 Å². The molecule has 0 bridgehead atoms. The van der Waals surface area contributed by atoms with Gasteiger partial charge in [-0.05, 0) is 49.1 Å². The third kappa shape index (κ3) is 5.45. The first-order chi connectivity index (χ1) is 11.8. The van der Waals surface area contributed by atoms with E-state index < -0.39 is 5.41 Å². The van der Waals surface area contributed by atoms with Gasteiger partial charge < -0.3 is 9.47 Å². The Kier molecular flexibility index (Phi) is 5.97. The molecule has 0 radical (unpaired) electrons. The molecule has 0 aliphatic rings. The first-order valence-electron chi connectivity index (χ1n) is 8.25. The fourth-order valence-electron chi connectivity index (χ4n) is 2.27. The molecule has 4 nitrogen and oxygen atoms in total. The minimum atomic E-state index is -0.540. The van der Waals surface area contributed by atoms with Gasteiger partial charge in [0.25, 0.3) is 0 Å². The number of esters is 2. The lowest BCUT2D eigenvalue weighted by Crippen LogP contribution is -2.22. The lowest BCUT2D eigenvalue weighted by atomic mass is 9.96. The Morgan fingerprint density at radius 1 is 0.920 bits per heavy atom. The molecule has 0 unspecified atom stereocenters. The normalized spacial score (nSPS) is 11.0. The van der Waals surface area contributed by atoms with Gasteiger partial charge in [0, 0.05) is 6.92 Å². The highest BCUT2D eigenvalue weighted by molar-refractivity contribution is 5.76. The van der Waals surface area contributed by atoms with E-state index in [1.54, 1.807) is 0 Å². The second-order valence-corrected chi connectivity index (χ2v) is 6.96. The van der Waals surface area contributed by atoms with Crippen LogP contribution in [0.5, 0.6) is 0 Å². The molecule has 2 aromatic carbocycles. The zero-order valence-corrected chi connectivity index (χ0v) is 15.2.